The van der Waals surface area contributed by atoms with Crippen molar-refractivity contribution in [3.8, 4) is 5.69 Å². The summed E-state index contributed by atoms with van der Waals surface area (Å²) < 4.78 is 6.16. The number of ether oxygens (including phenoxy) is 1. The van der Waals surface area contributed by atoms with E-state index in [-0.39, 0.29) is 11.1 Å². The van der Waals surface area contributed by atoms with E-state index < -0.39 is 5.97 Å². The predicted octanol–water partition coefficient (Wildman–Crippen LogP) is 2.30. The van der Waals surface area contributed by atoms with E-state index >= 15 is 0 Å². The molecule has 5 nitrogen and oxygen atoms in total. The molecular weight excluding hydrogens is 288 g/mol. The fourth-order valence-electron chi connectivity index (χ4n) is 1.89. The third-order valence-corrected chi connectivity index (χ3v) is 3.83. The Morgan fingerprint density at radius 1 is 1.33 bits per heavy atom. The molecule has 0 unspecified atom stereocenters. The molecule has 1 aromatic carbocycles. The van der Waals surface area contributed by atoms with Gasteiger partial charge in [-0.05, 0) is 36.9 Å². The van der Waals surface area contributed by atoms with Crippen LogP contribution in [0.2, 0.25) is 0 Å². The van der Waals surface area contributed by atoms with Crippen LogP contribution in [0, 0.1) is 0 Å². The Morgan fingerprint density at radius 2 is 2.00 bits per heavy atom. The van der Waals surface area contributed by atoms with Crippen LogP contribution in [0.5, 0.6) is 0 Å². The van der Waals surface area contributed by atoms with Crippen LogP contribution in [-0.2, 0) is 11.2 Å². The quantitative estimate of drug-likeness (QED) is 0.641. The lowest BCUT2D eigenvalue weighted by atomic mass is 10.2. The Labute approximate surface area is 126 Å². The van der Waals surface area contributed by atoms with Gasteiger partial charge in [0.2, 0.25) is 11.1 Å². The summed E-state index contributed by atoms with van der Waals surface area (Å²) in [5.74, 6) is -0.718. The number of esters is 1. The van der Waals surface area contributed by atoms with E-state index in [4.69, 9.17) is 0 Å². The Bertz CT molecular complexity index is 708. The molecule has 0 aliphatic rings. The summed E-state index contributed by atoms with van der Waals surface area (Å²) >= 11 is 1.64. The minimum Gasteiger partial charge on any atom is -0.464 e. The molecule has 110 valence electrons. The minimum absolute atomic E-state index is 0.189. The molecule has 0 N–H and O–H groups in total. The van der Waals surface area contributed by atoms with Crippen molar-refractivity contribution in [1.29, 1.82) is 0 Å². The van der Waals surface area contributed by atoms with Crippen molar-refractivity contribution in [2.24, 2.45) is 0 Å². The summed E-state index contributed by atoms with van der Waals surface area (Å²) in [5, 5.41) is 4.10. The average molecular weight is 304 g/mol. The highest BCUT2D eigenvalue weighted by Gasteiger charge is 2.17. The number of hydrogen-bond donors (Lipinski definition) is 0. The number of hydrogen-bond acceptors (Lipinski definition) is 5. The van der Waals surface area contributed by atoms with E-state index in [2.05, 4.69) is 9.84 Å². The summed E-state index contributed by atoms with van der Waals surface area (Å²) in [6.45, 7) is 1.86. The second kappa shape index (κ2) is 6.58. The first kappa shape index (κ1) is 15.3. The van der Waals surface area contributed by atoms with Crippen LogP contribution in [0.15, 0.2) is 40.2 Å². The third kappa shape index (κ3) is 3.16. The van der Waals surface area contributed by atoms with Gasteiger partial charge in [-0.15, -0.1) is 11.8 Å². The van der Waals surface area contributed by atoms with E-state index in [0.29, 0.717) is 12.0 Å². The topological polar surface area (TPSA) is 61.2 Å². The molecule has 0 amide bonds. The molecule has 2 rings (SSSR count). The monoisotopic (exact) mass is 304 g/mol. The van der Waals surface area contributed by atoms with Gasteiger partial charge in [-0.3, -0.25) is 4.79 Å². The molecule has 0 fully saturated rings. The fraction of sp³-hybridized carbons (Fsp3) is 0.267. The van der Waals surface area contributed by atoms with Crippen molar-refractivity contribution in [1.82, 2.24) is 9.78 Å². The summed E-state index contributed by atoms with van der Waals surface area (Å²) in [4.78, 5) is 24.9. The van der Waals surface area contributed by atoms with Gasteiger partial charge in [0.25, 0.3) is 0 Å². The van der Waals surface area contributed by atoms with Crippen LogP contribution >= 0.6 is 11.8 Å². The smallest absolute Gasteiger partial charge is 0.362 e. The van der Waals surface area contributed by atoms with E-state index in [1.165, 1.54) is 11.8 Å². The van der Waals surface area contributed by atoms with Crippen molar-refractivity contribution >= 4 is 17.7 Å². The molecule has 1 aromatic heterocycles. The van der Waals surface area contributed by atoms with E-state index in [9.17, 15) is 9.59 Å². The standard InChI is InChI=1S/C15H16N2O3S/c1-4-10-9-17(11-5-7-12(21-3)8-6-11)16-13(14(10)18)15(19)20-2/h5-9H,4H2,1-3H3. The van der Waals surface area contributed by atoms with Crippen molar-refractivity contribution in [3.63, 3.8) is 0 Å². The van der Waals surface area contributed by atoms with Crippen LogP contribution in [0.3, 0.4) is 0 Å². The zero-order valence-corrected chi connectivity index (χ0v) is 12.9. The van der Waals surface area contributed by atoms with Crippen LogP contribution in [0.1, 0.15) is 23.0 Å². The average Bonchev–Trinajstić information content (AvgIpc) is 2.54. The molecule has 0 aliphatic carbocycles. The minimum atomic E-state index is -0.718. The number of methoxy groups -OCH3 is 1. The largest absolute Gasteiger partial charge is 0.464 e. The zero-order valence-electron chi connectivity index (χ0n) is 12.1. The first-order valence-electron chi connectivity index (χ1n) is 6.46. The molecule has 0 radical (unpaired) electrons. The maximum atomic E-state index is 12.1. The maximum Gasteiger partial charge on any atom is 0.362 e. The SMILES string of the molecule is CCc1cn(-c2ccc(SC)cc2)nc(C(=O)OC)c1=O. The van der Waals surface area contributed by atoms with Crippen molar-refractivity contribution in [2.75, 3.05) is 13.4 Å². The zero-order chi connectivity index (χ0) is 15.4. The first-order chi connectivity index (χ1) is 10.1. The van der Waals surface area contributed by atoms with E-state index in [1.807, 2.05) is 37.4 Å². The van der Waals surface area contributed by atoms with Gasteiger partial charge >= 0.3 is 5.97 Å². The number of carbonyl (C=O) groups is 1. The molecule has 2 aromatic rings. The molecular formula is C15H16N2O3S. The van der Waals surface area contributed by atoms with Crippen LogP contribution < -0.4 is 5.43 Å². The van der Waals surface area contributed by atoms with Crippen LogP contribution in [0.4, 0.5) is 0 Å². The van der Waals surface area contributed by atoms with Gasteiger partial charge in [0, 0.05) is 16.7 Å². The molecule has 0 bridgehead atoms. The van der Waals surface area contributed by atoms with Crippen molar-refractivity contribution in [3.05, 3.63) is 51.9 Å². The molecule has 1 heterocycles. The number of rotatable bonds is 4. The van der Waals surface area contributed by atoms with Gasteiger partial charge in [0.1, 0.15) is 0 Å². The summed E-state index contributed by atoms with van der Waals surface area (Å²) in [6.07, 6.45) is 4.17. The maximum absolute atomic E-state index is 12.1. The Morgan fingerprint density at radius 3 is 2.52 bits per heavy atom. The van der Waals surface area contributed by atoms with Crippen molar-refractivity contribution < 1.29 is 9.53 Å². The summed E-state index contributed by atoms with van der Waals surface area (Å²) in [5.41, 5.74) is 0.749. The normalized spacial score (nSPS) is 10.4. The summed E-state index contributed by atoms with van der Waals surface area (Å²) in [7, 11) is 1.24. The molecule has 0 saturated heterocycles. The molecule has 0 aliphatic heterocycles. The Hall–Kier alpha value is -2.08. The highest BCUT2D eigenvalue weighted by atomic mass is 32.2. The van der Waals surface area contributed by atoms with Crippen LogP contribution in [0.25, 0.3) is 5.69 Å². The lowest BCUT2D eigenvalue weighted by Crippen LogP contribution is -2.25. The number of benzene rings is 1. The van der Waals surface area contributed by atoms with Gasteiger partial charge in [-0.2, -0.15) is 5.10 Å². The van der Waals surface area contributed by atoms with Gasteiger partial charge in [-0.25, -0.2) is 9.48 Å². The van der Waals surface area contributed by atoms with Gasteiger partial charge in [-0.1, -0.05) is 6.92 Å². The molecule has 21 heavy (non-hydrogen) atoms. The molecule has 0 saturated carbocycles. The number of carbonyl (C=O) groups excluding carboxylic acids is 1. The summed E-state index contributed by atoms with van der Waals surface area (Å²) in [6, 6.07) is 7.71. The van der Waals surface area contributed by atoms with Gasteiger partial charge < -0.3 is 4.74 Å². The predicted molar refractivity (Wildman–Crippen MR) is 82.3 cm³/mol. The van der Waals surface area contributed by atoms with E-state index in [1.54, 1.807) is 18.0 Å². The fourth-order valence-corrected chi connectivity index (χ4v) is 2.30. The lowest BCUT2D eigenvalue weighted by molar-refractivity contribution is 0.0590. The van der Waals surface area contributed by atoms with E-state index in [0.717, 1.165) is 10.6 Å². The van der Waals surface area contributed by atoms with Gasteiger partial charge in [0.15, 0.2) is 0 Å². The first-order valence-corrected chi connectivity index (χ1v) is 7.68. The number of aryl methyl sites for hydroxylation is 1. The highest BCUT2D eigenvalue weighted by Crippen LogP contribution is 2.16. The second-order valence-corrected chi connectivity index (χ2v) is 5.20. The van der Waals surface area contributed by atoms with Crippen LogP contribution in [-0.4, -0.2) is 29.1 Å². The highest BCUT2D eigenvalue weighted by molar-refractivity contribution is 7.98. The molecule has 0 spiro atoms. The van der Waals surface area contributed by atoms with Crippen molar-refractivity contribution in [2.45, 2.75) is 18.2 Å². The third-order valence-electron chi connectivity index (χ3n) is 3.09. The molecule has 6 heteroatoms. The Kier molecular flexibility index (Phi) is 4.80. The number of aromatic nitrogens is 2. The Balaban J connectivity index is 2.57. The molecule has 0 atom stereocenters. The van der Waals surface area contributed by atoms with Gasteiger partial charge in [0.05, 0.1) is 12.8 Å². The lowest BCUT2D eigenvalue weighted by Gasteiger charge is -2.09. The number of thioether (sulfide) groups is 1. The second-order valence-electron chi connectivity index (χ2n) is 4.32. The number of nitrogens with zero attached hydrogens (tertiary/aromatic N) is 2.